The highest BCUT2D eigenvalue weighted by Gasteiger charge is 2.39. The lowest BCUT2D eigenvalue weighted by Crippen LogP contribution is -2.22. The van der Waals surface area contributed by atoms with Crippen molar-refractivity contribution in [3.8, 4) is 0 Å². The summed E-state index contributed by atoms with van der Waals surface area (Å²) in [4.78, 5) is 10.9. The number of rotatable bonds is 4. The summed E-state index contributed by atoms with van der Waals surface area (Å²) >= 11 is 0. The van der Waals surface area contributed by atoms with E-state index < -0.39 is 17.5 Å². The summed E-state index contributed by atoms with van der Waals surface area (Å²) in [6.45, 7) is 6.79. The predicted octanol–water partition coefficient (Wildman–Crippen LogP) is 3.45. The maximum Gasteiger partial charge on any atom is 0.454 e. The molecule has 0 aromatic carbocycles. The summed E-state index contributed by atoms with van der Waals surface area (Å²) in [6, 6.07) is 0. The fourth-order valence-electron chi connectivity index (χ4n) is 1.54. The molecule has 0 aliphatic rings. The molecule has 0 radical (unpaired) electrons. The number of alkyl halides is 3. The number of halogens is 3. The van der Waals surface area contributed by atoms with E-state index in [9.17, 15) is 18.0 Å². The van der Waals surface area contributed by atoms with Gasteiger partial charge in [0.25, 0.3) is 5.78 Å². The number of hydrogen-bond donors (Lipinski definition) is 0. The number of ketones is 1. The van der Waals surface area contributed by atoms with Gasteiger partial charge in [0, 0.05) is 12.7 Å². The summed E-state index contributed by atoms with van der Waals surface area (Å²) in [5, 5.41) is 3.77. The minimum absolute atomic E-state index is 0.178. The first-order chi connectivity index (χ1) is 8.09. The van der Waals surface area contributed by atoms with Crippen molar-refractivity contribution in [1.29, 1.82) is 0 Å². The molecular formula is C12H17F3N2O. The fourth-order valence-corrected chi connectivity index (χ4v) is 1.54. The van der Waals surface area contributed by atoms with E-state index in [1.807, 2.05) is 0 Å². The summed E-state index contributed by atoms with van der Waals surface area (Å²) in [5.74, 6) is -1.84. The summed E-state index contributed by atoms with van der Waals surface area (Å²) in [7, 11) is 0. The Balaban J connectivity index is 2.57. The molecule has 0 saturated carbocycles. The van der Waals surface area contributed by atoms with Crippen LogP contribution in [0, 0.1) is 5.41 Å². The molecule has 0 aliphatic heterocycles. The minimum Gasteiger partial charge on any atom is -0.284 e. The average Bonchev–Trinajstić information content (AvgIpc) is 2.61. The molecule has 0 aliphatic carbocycles. The third kappa shape index (κ3) is 4.50. The molecule has 1 heterocycles. The van der Waals surface area contributed by atoms with Crippen LogP contribution in [0.1, 0.15) is 44.0 Å². The number of Topliss-reactive ketones (excluding diaryl/α,β-unsaturated/α-hetero) is 1. The van der Waals surface area contributed by atoms with Gasteiger partial charge in [-0.05, 0) is 18.3 Å². The number of nitrogens with zero attached hydrogens (tertiary/aromatic N) is 2. The highest BCUT2D eigenvalue weighted by Crippen LogP contribution is 2.22. The molecule has 1 aromatic heterocycles. The Morgan fingerprint density at radius 3 is 2.44 bits per heavy atom. The van der Waals surface area contributed by atoms with Crippen molar-refractivity contribution in [3.63, 3.8) is 0 Å². The number of hydrogen-bond acceptors (Lipinski definition) is 2. The van der Waals surface area contributed by atoms with Crippen LogP contribution >= 0.6 is 0 Å². The van der Waals surface area contributed by atoms with Gasteiger partial charge in [0.2, 0.25) is 0 Å². The van der Waals surface area contributed by atoms with Gasteiger partial charge in [-0.3, -0.25) is 9.48 Å². The zero-order chi connectivity index (χ0) is 14.0. The van der Waals surface area contributed by atoms with Gasteiger partial charge in [-0.1, -0.05) is 20.8 Å². The van der Waals surface area contributed by atoms with Crippen molar-refractivity contribution in [2.24, 2.45) is 5.41 Å². The molecule has 0 bridgehead atoms. The van der Waals surface area contributed by atoms with Crippen LogP contribution in [0.4, 0.5) is 13.2 Å². The number of aryl methyl sites for hydroxylation is 1. The maximum absolute atomic E-state index is 12.2. The lowest BCUT2D eigenvalue weighted by Gasteiger charge is -2.17. The van der Waals surface area contributed by atoms with Crippen molar-refractivity contribution < 1.29 is 18.0 Å². The first kappa shape index (κ1) is 14.7. The molecule has 0 unspecified atom stereocenters. The smallest absolute Gasteiger partial charge is 0.284 e. The van der Waals surface area contributed by atoms with Gasteiger partial charge in [0.1, 0.15) is 0 Å². The molecule has 0 amide bonds. The summed E-state index contributed by atoms with van der Waals surface area (Å²) < 4.78 is 37.9. The number of carbonyl (C=O) groups excluding carboxylic acids is 1. The topological polar surface area (TPSA) is 34.9 Å². The first-order valence-corrected chi connectivity index (χ1v) is 5.73. The molecule has 0 saturated heterocycles. The van der Waals surface area contributed by atoms with Crippen LogP contribution in [0.2, 0.25) is 0 Å². The Hall–Kier alpha value is -1.33. The molecule has 6 heteroatoms. The van der Waals surface area contributed by atoms with Crippen LogP contribution in [0.15, 0.2) is 12.4 Å². The van der Waals surface area contributed by atoms with Crippen LogP contribution < -0.4 is 0 Å². The third-order valence-corrected chi connectivity index (χ3v) is 2.47. The molecule has 1 rings (SSSR count). The van der Waals surface area contributed by atoms with Crippen LogP contribution in [-0.4, -0.2) is 21.7 Å². The highest BCUT2D eigenvalue weighted by atomic mass is 19.4. The second kappa shape index (κ2) is 5.12. The molecule has 3 nitrogen and oxygen atoms in total. The molecule has 0 atom stereocenters. The summed E-state index contributed by atoms with van der Waals surface area (Å²) in [5.41, 5.74) is -0.226. The molecular weight excluding hydrogens is 245 g/mol. The lowest BCUT2D eigenvalue weighted by atomic mass is 9.91. The SMILES string of the molecule is CC(C)(C)CCCn1cc(C(=O)C(F)(F)F)cn1. The van der Waals surface area contributed by atoms with Gasteiger partial charge in [-0.25, -0.2) is 0 Å². The second-order valence-corrected chi connectivity index (χ2v) is 5.48. The monoisotopic (exact) mass is 262 g/mol. The molecule has 18 heavy (non-hydrogen) atoms. The number of aromatic nitrogens is 2. The molecule has 102 valence electrons. The van der Waals surface area contributed by atoms with E-state index in [1.165, 1.54) is 4.68 Å². The number of carbonyl (C=O) groups is 1. The van der Waals surface area contributed by atoms with E-state index >= 15 is 0 Å². The standard InChI is InChI=1S/C12H17F3N2O/c1-11(2,3)5-4-6-17-8-9(7-16-17)10(18)12(13,14)15/h7-8H,4-6H2,1-3H3. The quantitative estimate of drug-likeness (QED) is 0.779. The van der Waals surface area contributed by atoms with Crippen molar-refractivity contribution in [1.82, 2.24) is 9.78 Å². The summed E-state index contributed by atoms with van der Waals surface area (Å²) in [6.07, 6.45) is -0.967. The van der Waals surface area contributed by atoms with E-state index in [0.717, 1.165) is 25.2 Å². The maximum atomic E-state index is 12.2. The van der Waals surface area contributed by atoms with Gasteiger partial charge < -0.3 is 0 Å². The Morgan fingerprint density at radius 2 is 1.94 bits per heavy atom. The van der Waals surface area contributed by atoms with Gasteiger partial charge >= 0.3 is 6.18 Å². The fraction of sp³-hybridized carbons (Fsp3) is 0.667. The Kier molecular flexibility index (Phi) is 4.19. The van der Waals surface area contributed by atoms with Gasteiger partial charge in [-0.15, -0.1) is 0 Å². The average molecular weight is 262 g/mol. The van der Waals surface area contributed by atoms with Crippen molar-refractivity contribution >= 4 is 5.78 Å². The molecule has 0 spiro atoms. The van der Waals surface area contributed by atoms with Crippen molar-refractivity contribution in [2.75, 3.05) is 0 Å². The normalized spacial score (nSPS) is 12.8. The third-order valence-electron chi connectivity index (χ3n) is 2.47. The van der Waals surface area contributed by atoms with E-state index in [0.29, 0.717) is 6.54 Å². The molecule has 1 aromatic rings. The molecule has 0 fully saturated rings. The zero-order valence-corrected chi connectivity index (χ0v) is 10.7. The Labute approximate surface area is 104 Å². The zero-order valence-electron chi connectivity index (χ0n) is 10.7. The molecule has 0 N–H and O–H groups in total. The minimum atomic E-state index is -4.83. The van der Waals surface area contributed by atoms with Crippen LogP contribution in [-0.2, 0) is 6.54 Å². The van der Waals surface area contributed by atoms with Gasteiger partial charge in [0.15, 0.2) is 0 Å². The Morgan fingerprint density at radius 1 is 1.33 bits per heavy atom. The largest absolute Gasteiger partial charge is 0.454 e. The van der Waals surface area contributed by atoms with E-state index in [2.05, 4.69) is 25.9 Å². The van der Waals surface area contributed by atoms with Gasteiger partial charge in [0.05, 0.1) is 11.8 Å². The second-order valence-electron chi connectivity index (χ2n) is 5.48. The van der Waals surface area contributed by atoms with Crippen LogP contribution in [0.3, 0.4) is 0 Å². The van der Waals surface area contributed by atoms with Crippen LogP contribution in [0.5, 0.6) is 0 Å². The van der Waals surface area contributed by atoms with E-state index in [4.69, 9.17) is 0 Å². The van der Waals surface area contributed by atoms with Gasteiger partial charge in [-0.2, -0.15) is 18.3 Å². The predicted molar refractivity (Wildman–Crippen MR) is 61.3 cm³/mol. The van der Waals surface area contributed by atoms with Crippen LogP contribution in [0.25, 0.3) is 0 Å². The van der Waals surface area contributed by atoms with Crippen molar-refractivity contribution in [2.45, 2.75) is 46.3 Å². The Bertz CT molecular complexity index is 416. The highest BCUT2D eigenvalue weighted by molar-refractivity contribution is 5.99. The van der Waals surface area contributed by atoms with E-state index in [-0.39, 0.29) is 5.41 Å². The first-order valence-electron chi connectivity index (χ1n) is 5.73. The lowest BCUT2D eigenvalue weighted by molar-refractivity contribution is -0.0885. The van der Waals surface area contributed by atoms with Crippen molar-refractivity contribution in [3.05, 3.63) is 18.0 Å². The van der Waals surface area contributed by atoms with E-state index in [1.54, 1.807) is 0 Å².